The Bertz CT molecular complexity index is 3330. The Labute approximate surface area is 647 Å². The summed E-state index contributed by atoms with van der Waals surface area (Å²) in [4.78, 5) is 43.2. The first kappa shape index (κ1) is 90.8. The molecule has 39 nitrogen and oxygen atoms in total. The first-order chi connectivity index (χ1) is 53.2. The molecule has 21 atom stereocenters. The number of aliphatic hydroxyl groups excluding tert-OH is 12. The van der Waals surface area contributed by atoms with E-state index in [1.807, 2.05) is 45.6 Å². The van der Waals surface area contributed by atoms with E-state index in [0.717, 1.165) is 37.1 Å². The second-order valence-electron chi connectivity index (χ2n) is 30.9. The van der Waals surface area contributed by atoms with Gasteiger partial charge in [-0.2, -0.15) is 0 Å². The van der Waals surface area contributed by atoms with Crippen molar-refractivity contribution in [2.24, 2.45) is 17.3 Å². The fourth-order valence-corrected chi connectivity index (χ4v) is 14.2. The average Bonchev–Trinajstić information content (AvgIpc) is 1.81. The van der Waals surface area contributed by atoms with E-state index in [9.17, 15) is 70.9 Å². The van der Waals surface area contributed by atoms with Crippen LogP contribution in [0.15, 0.2) is 24.8 Å². The van der Waals surface area contributed by atoms with Crippen LogP contribution in [-0.4, -0.2) is 325 Å². The third-order valence-corrected chi connectivity index (χ3v) is 20.7. The Morgan fingerprint density at radius 2 is 0.739 bits per heavy atom. The maximum absolute atomic E-state index is 15.0. The summed E-state index contributed by atoms with van der Waals surface area (Å²) in [5, 5.41) is 164. The molecule has 2 amide bonds. The van der Waals surface area contributed by atoms with Gasteiger partial charge in [-0.1, -0.05) is 61.9 Å². The third kappa shape index (κ3) is 27.5. The first-order valence-corrected chi connectivity index (χ1v) is 39.3. The van der Waals surface area contributed by atoms with Crippen molar-refractivity contribution in [2.75, 3.05) is 59.4 Å². The maximum Gasteiger partial charge on any atom is 0.217 e. The molecule has 0 radical (unpaired) electrons. The number of rotatable bonds is 49. The summed E-state index contributed by atoms with van der Waals surface area (Å²) in [5.74, 6) is -1.86. The van der Waals surface area contributed by atoms with Crippen LogP contribution in [0.5, 0.6) is 0 Å². The molecule has 4 aliphatic rings. The van der Waals surface area contributed by atoms with E-state index in [4.69, 9.17) is 37.9 Å². The van der Waals surface area contributed by atoms with Crippen molar-refractivity contribution < 1.29 is 114 Å². The highest BCUT2D eigenvalue weighted by Crippen LogP contribution is 2.31. The molecule has 39 heteroatoms. The van der Waals surface area contributed by atoms with Gasteiger partial charge < -0.3 is 110 Å². The highest BCUT2D eigenvalue weighted by molar-refractivity contribution is 5.88. The number of hydrogen-bond donors (Lipinski definition) is 14. The van der Waals surface area contributed by atoms with Gasteiger partial charge in [0.2, 0.25) is 11.8 Å². The van der Waals surface area contributed by atoms with E-state index in [0.29, 0.717) is 141 Å². The second kappa shape index (κ2) is 45.6. The normalized spacial score (nSPS) is 29.0. The largest absolute Gasteiger partial charge is 0.394 e. The van der Waals surface area contributed by atoms with Crippen LogP contribution >= 0.6 is 0 Å². The molecule has 4 saturated heterocycles. The van der Waals surface area contributed by atoms with Crippen molar-refractivity contribution in [1.82, 2.24) is 80.4 Å². The Balaban J connectivity index is 0.912. The van der Waals surface area contributed by atoms with E-state index in [-0.39, 0.29) is 32.1 Å². The number of ketones is 1. The molecule has 8 rings (SSSR count). The molecule has 0 aromatic carbocycles. The summed E-state index contributed by atoms with van der Waals surface area (Å²) in [6, 6.07) is -2.70. The van der Waals surface area contributed by atoms with Gasteiger partial charge in [-0.3, -0.25) is 42.9 Å². The van der Waals surface area contributed by atoms with Gasteiger partial charge in [0.1, 0.15) is 73.1 Å². The van der Waals surface area contributed by atoms with E-state index >= 15 is 4.79 Å². The summed E-state index contributed by atoms with van der Waals surface area (Å²) in [6.07, 6.45) is -0.398. The van der Waals surface area contributed by atoms with Crippen LogP contribution in [0.25, 0.3) is 0 Å². The highest BCUT2D eigenvalue weighted by Gasteiger charge is 2.48. The Hall–Kier alpha value is -5.71. The zero-order valence-electron chi connectivity index (χ0n) is 65.2. The monoisotopic (exact) mass is 1580 g/mol. The van der Waals surface area contributed by atoms with Crippen LogP contribution in [0, 0.1) is 17.3 Å². The standard InChI is InChI=1S/C72H124N16O23/c1-44-59(95)61(97)53(40-89)108-68(44)104-28-18-8-13-24-85-36-48(75-79-85)32-83(33-49-37-86(80-76-49)25-15-10-20-30-106-70-57(73-46(3)93)65(101)63(99)55(42-91)110-70)23-17-12-22-52(67(103)72(5,6)7)84(34-50-38-87(81-77-50)26-14-9-19-29-105-69-45(2)60(96)62(98)54(41-90)109-69)35-51-39-88(82-78-51)27-16-11-21-31-107-71-58(74-47(4)94)66(102)64(100)56(43-92)111-71/h36-39,44-45,52-66,68-71,89-92,95-102H,8-35,40-43H2,1-7H3,(H,73,93)(H,74,94)/t44-,45-,52-,53-,54-,55-,56-,57-,58-,59-,60-,61+,62+,63+,64+,65-,66-,68-,69-,70-,71-/m1/s1. The number of ether oxygens (including phenoxy) is 8. The minimum atomic E-state index is -1.43. The quantitative estimate of drug-likeness (QED) is 0.0207. The van der Waals surface area contributed by atoms with Crippen LogP contribution in [0.1, 0.15) is 168 Å². The van der Waals surface area contributed by atoms with Gasteiger partial charge >= 0.3 is 0 Å². The molecule has 111 heavy (non-hydrogen) atoms. The average molecular weight is 1580 g/mol. The minimum absolute atomic E-state index is 0.0252. The molecule has 0 saturated carbocycles. The van der Waals surface area contributed by atoms with Gasteiger partial charge in [0.15, 0.2) is 30.9 Å². The number of unbranched alkanes of at least 4 members (excludes halogenated alkanes) is 9. The predicted molar refractivity (Wildman–Crippen MR) is 389 cm³/mol. The van der Waals surface area contributed by atoms with Crippen LogP contribution in [0.4, 0.5) is 0 Å². The first-order valence-electron chi connectivity index (χ1n) is 39.3. The highest BCUT2D eigenvalue weighted by atomic mass is 16.7. The van der Waals surface area contributed by atoms with E-state index in [2.05, 4.69) is 61.7 Å². The lowest BCUT2D eigenvalue weighted by atomic mass is 9.84. The van der Waals surface area contributed by atoms with Crippen molar-refractivity contribution in [1.29, 1.82) is 0 Å². The van der Waals surface area contributed by atoms with Gasteiger partial charge in [0.05, 0.1) is 67.5 Å². The molecule has 0 spiro atoms. The molecule has 4 aromatic rings. The molecule has 14 N–H and O–H groups in total. The predicted octanol–water partition coefficient (Wildman–Crippen LogP) is -2.30. The number of nitrogens with zero attached hydrogens (tertiary/aromatic N) is 14. The molecule has 0 bridgehead atoms. The van der Waals surface area contributed by atoms with Crippen LogP contribution in [0.2, 0.25) is 0 Å². The van der Waals surface area contributed by atoms with Gasteiger partial charge in [0.25, 0.3) is 0 Å². The number of carbonyl (C=O) groups excluding carboxylic acids is 3. The Morgan fingerprint density at radius 1 is 0.432 bits per heavy atom. The van der Waals surface area contributed by atoms with E-state index in [1.54, 1.807) is 32.6 Å². The van der Waals surface area contributed by atoms with Crippen molar-refractivity contribution in [3.63, 3.8) is 0 Å². The molecule has 0 unspecified atom stereocenters. The van der Waals surface area contributed by atoms with Gasteiger partial charge in [0, 0.05) is 135 Å². The van der Waals surface area contributed by atoms with Crippen molar-refractivity contribution in [3.8, 4) is 0 Å². The zero-order valence-corrected chi connectivity index (χ0v) is 65.2. The molecular formula is C72H124N16O23. The number of Topliss-reactive ketones (excluding diaryl/α,β-unsaturated/α-hetero) is 1. The number of hydrogen-bond acceptors (Lipinski definition) is 33. The van der Waals surface area contributed by atoms with Crippen LogP contribution in [0.3, 0.4) is 0 Å². The summed E-state index contributed by atoms with van der Waals surface area (Å²) in [6.45, 7) is 14.9. The SMILES string of the molecule is CC(=O)N[C@H]1[C@H](OCCCCCn2cc(CN(CCCC[C@H](C(=O)C(C)(C)C)N(Cc3cn(CCCCCO[C@@H]4O[C@H](CO)[C@H](O)[C@H](O)[C@H]4C)nn3)Cc3cn(CCCCCO[C@@H]4O[C@H](CO)[C@H](O)[C@H](O)[C@H]4NC(C)=O)nn3)Cc3cn(CCCCCO[C@@H]4O[C@H](CO)[C@H](O)[C@H](O)[C@H]4C)nn3)nn2)O[C@H](CO)[C@H](O)[C@@H]1O. The summed E-state index contributed by atoms with van der Waals surface area (Å²) < 4.78 is 53.7. The lowest BCUT2D eigenvalue weighted by Crippen LogP contribution is -2.64. The lowest BCUT2D eigenvalue weighted by molar-refractivity contribution is -0.282. The van der Waals surface area contributed by atoms with E-state index in [1.165, 1.54) is 13.8 Å². The molecule has 4 aromatic heterocycles. The van der Waals surface area contributed by atoms with E-state index < -0.39 is 172 Å². The lowest BCUT2D eigenvalue weighted by Gasteiger charge is -2.42. The molecular weight excluding hydrogens is 1460 g/mol. The maximum atomic E-state index is 15.0. The van der Waals surface area contributed by atoms with Crippen molar-refractivity contribution in [2.45, 2.75) is 314 Å². The molecule has 4 aliphatic heterocycles. The number of aromatic nitrogens is 12. The Morgan fingerprint density at radius 3 is 1.05 bits per heavy atom. The second-order valence-corrected chi connectivity index (χ2v) is 30.9. The summed E-state index contributed by atoms with van der Waals surface area (Å²) >= 11 is 0. The summed E-state index contributed by atoms with van der Waals surface area (Å²) in [5.41, 5.74) is 1.96. The van der Waals surface area contributed by atoms with Gasteiger partial charge in [-0.05, 0) is 96.4 Å². The van der Waals surface area contributed by atoms with Crippen LogP contribution < -0.4 is 10.6 Å². The van der Waals surface area contributed by atoms with Crippen molar-refractivity contribution in [3.05, 3.63) is 47.6 Å². The molecule has 0 aliphatic carbocycles. The van der Waals surface area contributed by atoms with Gasteiger partial charge in [-0.25, -0.2) is 0 Å². The topological polar surface area (TPSA) is 521 Å². The molecule has 630 valence electrons. The third-order valence-electron chi connectivity index (χ3n) is 20.7. The number of aliphatic hydroxyl groups is 12. The van der Waals surface area contributed by atoms with Gasteiger partial charge in [-0.15, -0.1) is 20.4 Å². The zero-order chi connectivity index (χ0) is 80.3. The fraction of sp³-hybridized carbons (Fsp3) is 0.847. The van der Waals surface area contributed by atoms with Crippen LogP contribution in [-0.2, 0) is 105 Å². The molecule has 8 heterocycles. The smallest absolute Gasteiger partial charge is 0.217 e. The Kier molecular flexibility index (Phi) is 37.3. The summed E-state index contributed by atoms with van der Waals surface area (Å²) in [7, 11) is 0. The molecule has 4 fully saturated rings. The number of aryl methyl sites for hydroxylation is 4. The minimum Gasteiger partial charge on any atom is -0.394 e. The number of carbonyl (C=O) groups is 3. The number of amides is 2. The fourth-order valence-electron chi connectivity index (χ4n) is 14.2. The number of nitrogens with one attached hydrogen (secondary N) is 2. The van der Waals surface area contributed by atoms with Crippen molar-refractivity contribution >= 4 is 17.6 Å².